The summed E-state index contributed by atoms with van der Waals surface area (Å²) in [4.78, 5) is 30.4. The highest BCUT2D eigenvalue weighted by Gasteiger charge is 2.47. The summed E-state index contributed by atoms with van der Waals surface area (Å²) in [5.41, 5.74) is 5.88. The zero-order chi connectivity index (χ0) is 31.5. The number of amides is 2. The molecule has 2 fully saturated rings. The minimum atomic E-state index is -1.63. The molecule has 9 nitrogen and oxygen atoms in total. The Hall–Kier alpha value is -4.42. The number of hydrogen-bond acceptors (Lipinski definition) is 7. The molecular formula is C33H31F2N5O4S. The molecule has 2 saturated carbocycles. The lowest BCUT2D eigenvalue weighted by atomic mass is 9.90. The van der Waals surface area contributed by atoms with Gasteiger partial charge in [0.15, 0.2) is 5.82 Å². The number of ether oxygens (including phenoxy) is 1. The minimum absolute atomic E-state index is 0.107. The number of nitrogens with two attached hydrogens (primary N) is 1. The Morgan fingerprint density at radius 1 is 1.18 bits per heavy atom. The van der Waals surface area contributed by atoms with E-state index in [1.165, 1.54) is 17.4 Å². The van der Waals surface area contributed by atoms with Gasteiger partial charge in [0, 0.05) is 39.0 Å². The van der Waals surface area contributed by atoms with Gasteiger partial charge < -0.3 is 20.9 Å². The van der Waals surface area contributed by atoms with Gasteiger partial charge >= 0.3 is 0 Å². The summed E-state index contributed by atoms with van der Waals surface area (Å²) in [6.45, 7) is 1.84. The van der Waals surface area contributed by atoms with E-state index in [2.05, 4.69) is 10.4 Å². The molecule has 0 bridgehead atoms. The number of aromatic nitrogens is 3. The fourth-order valence-corrected chi connectivity index (χ4v) is 6.87. The molecule has 2 aromatic carbocycles. The summed E-state index contributed by atoms with van der Waals surface area (Å²) in [5.74, 6) is -2.04. The van der Waals surface area contributed by atoms with Crippen molar-refractivity contribution in [2.24, 2.45) is 11.7 Å². The molecule has 2 aliphatic rings. The molecule has 0 saturated heterocycles. The first-order chi connectivity index (χ1) is 21.7. The van der Waals surface area contributed by atoms with E-state index >= 15 is 0 Å². The number of thiophene rings is 1. The third kappa shape index (κ3) is 5.42. The Morgan fingerprint density at radius 2 is 1.98 bits per heavy atom. The van der Waals surface area contributed by atoms with Gasteiger partial charge in [-0.3, -0.25) is 14.3 Å². The Labute approximate surface area is 261 Å². The van der Waals surface area contributed by atoms with Gasteiger partial charge in [-0.1, -0.05) is 12.1 Å². The van der Waals surface area contributed by atoms with Crippen LogP contribution in [0.15, 0.2) is 48.0 Å². The Kier molecular flexibility index (Phi) is 7.28. The molecule has 3 aromatic heterocycles. The molecule has 4 N–H and O–H groups in total. The number of pyridine rings is 1. The van der Waals surface area contributed by atoms with Crippen LogP contribution >= 0.6 is 11.3 Å². The number of hydrogen-bond donors (Lipinski definition) is 3. The van der Waals surface area contributed by atoms with E-state index in [0.29, 0.717) is 50.9 Å². The number of primary amides is 1. The summed E-state index contributed by atoms with van der Waals surface area (Å²) in [6, 6.07) is 9.36. The maximum absolute atomic E-state index is 15.0. The summed E-state index contributed by atoms with van der Waals surface area (Å²) in [5, 5.41) is 22.2. The third-order valence-corrected chi connectivity index (χ3v) is 9.49. The second-order valence-electron chi connectivity index (χ2n) is 11.8. The average molecular weight is 632 g/mol. The Bertz CT molecular complexity index is 1980. The maximum Gasteiger partial charge on any atom is 0.251 e. The zero-order valence-corrected chi connectivity index (χ0v) is 25.3. The van der Waals surface area contributed by atoms with Gasteiger partial charge in [-0.25, -0.2) is 13.8 Å². The highest BCUT2D eigenvalue weighted by Crippen LogP contribution is 2.48. The largest absolute Gasteiger partial charge is 0.491 e. The van der Waals surface area contributed by atoms with Crippen molar-refractivity contribution >= 4 is 44.1 Å². The smallest absolute Gasteiger partial charge is 0.251 e. The first-order valence-corrected chi connectivity index (χ1v) is 15.8. The second-order valence-corrected chi connectivity index (χ2v) is 12.7. The average Bonchev–Trinajstić information content (AvgIpc) is 3.95. The van der Waals surface area contributed by atoms with Crippen molar-refractivity contribution in [3.05, 3.63) is 76.4 Å². The SMILES string of the molecule is CCOc1c(CC(N)=O)cc([C@@](O)(CNC(=O)c2cc(F)c3nn(C4CC4)cc3c2)C2CC2)nc1-c1csc2c(F)cccc12. The summed E-state index contributed by atoms with van der Waals surface area (Å²) in [7, 11) is 0. The summed E-state index contributed by atoms with van der Waals surface area (Å²) in [6.07, 6.45) is 4.92. The van der Waals surface area contributed by atoms with E-state index in [-0.39, 0.29) is 54.1 Å². The monoisotopic (exact) mass is 631 g/mol. The van der Waals surface area contributed by atoms with Crippen LogP contribution in [0.25, 0.3) is 32.2 Å². The summed E-state index contributed by atoms with van der Waals surface area (Å²) < 4.78 is 37.8. The molecular weight excluding hydrogens is 600 g/mol. The van der Waals surface area contributed by atoms with Crippen LogP contribution in [0.4, 0.5) is 8.78 Å². The quantitative estimate of drug-likeness (QED) is 0.179. The van der Waals surface area contributed by atoms with Gasteiger partial charge in [0.1, 0.15) is 28.4 Å². The van der Waals surface area contributed by atoms with E-state index in [4.69, 9.17) is 15.5 Å². The molecule has 5 aromatic rings. The van der Waals surface area contributed by atoms with Crippen molar-refractivity contribution in [1.29, 1.82) is 0 Å². The fourth-order valence-electron chi connectivity index (χ4n) is 5.91. The van der Waals surface area contributed by atoms with Crippen molar-refractivity contribution in [3.8, 4) is 17.0 Å². The number of nitrogens with zero attached hydrogens (tertiary/aromatic N) is 3. The van der Waals surface area contributed by atoms with Crippen molar-refractivity contribution in [1.82, 2.24) is 20.1 Å². The van der Waals surface area contributed by atoms with Crippen LogP contribution in [0.5, 0.6) is 5.75 Å². The number of rotatable bonds is 11. The number of carbonyl (C=O) groups excluding carboxylic acids is 2. The van der Waals surface area contributed by atoms with Crippen LogP contribution < -0.4 is 15.8 Å². The Morgan fingerprint density at radius 3 is 2.69 bits per heavy atom. The van der Waals surface area contributed by atoms with Crippen LogP contribution in [-0.2, 0) is 16.8 Å². The van der Waals surface area contributed by atoms with Crippen LogP contribution in [-0.4, -0.2) is 44.8 Å². The van der Waals surface area contributed by atoms with Gasteiger partial charge in [0.2, 0.25) is 5.91 Å². The molecule has 0 radical (unpaired) electrons. The van der Waals surface area contributed by atoms with Crippen LogP contribution in [0.2, 0.25) is 0 Å². The number of aliphatic hydroxyl groups is 1. The lowest BCUT2D eigenvalue weighted by Crippen LogP contribution is -2.43. The molecule has 0 aliphatic heterocycles. The fraction of sp³-hybridized carbons (Fsp3) is 0.333. The maximum atomic E-state index is 15.0. The number of carbonyl (C=O) groups is 2. The lowest BCUT2D eigenvalue weighted by molar-refractivity contribution is -0.117. The number of halogens is 2. The van der Waals surface area contributed by atoms with Gasteiger partial charge in [0.25, 0.3) is 5.91 Å². The molecule has 2 amide bonds. The number of fused-ring (bicyclic) bond motifs is 2. The standard InChI is InChI=1S/C33H31F2N5O4S/c1-2-44-30-17(13-27(36)41)12-26(38-29(30)23-15-45-31-22(23)4-3-5-24(31)34)33(43,20-6-7-20)16-37-32(42)18-10-19-14-40(21-8-9-21)39-28(19)25(35)11-18/h3-5,10-12,14-15,20-21,43H,2,6-9,13,16H2,1H3,(H2,36,41)(H,37,42)/t33-/m1/s1. The van der Waals surface area contributed by atoms with E-state index < -0.39 is 23.2 Å². The van der Waals surface area contributed by atoms with Gasteiger partial charge in [-0.2, -0.15) is 5.10 Å². The van der Waals surface area contributed by atoms with Crippen molar-refractivity contribution in [2.45, 2.75) is 50.7 Å². The molecule has 45 heavy (non-hydrogen) atoms. The van der Waals surface area contributed by atoms with E-state index in [0.717, 1.165) is 18.9 Å². The highest BCUT2D eigenvalue weighted by molar-refractivity contribution is 7.17. The van der Waals surface area contributed by atoms with E-state index in [1.807, 2.05) is 0 Å². The molecule has 0 spiro atoms. The van der Waals surface area contributed by atoms with Crippen molar-refractivity contribution in [2.75, 3.05) is 13.2 Å². The first kappa shape index (κ1) is 29.3. The summed E-state index contributed by atoms with van der Waals surface area (Å²) >= 11 is 1.22. The van der Waals surface area contributed by atoms with Crippen LogP contribution in [0.3, 0.4) is 0 Å². The topological polar surface area (TPSA) is 132 Å². The molecule has 7 rings (SSSR count). The molecule has 2 aliphatic carbocycles. The normalized spacial score (nSPS) is 16.2. The van der Waals surface area contributed by atoms with Crippen molar-refractivity contribution < 1.29 is 28.2 Å². The predicted molar refractivity (Wildman–Crippen MR) is 166 cm³/mol. The molecule has 3 heterocycles. The van der Waals surface area contributed by atoms with Gasteiger partial charge in [0.05, 0.1) is 36.0 Å². The molecule has 0 unspecified atom stereocenters. The third-order valence-electron chi connectivity index (χ3n) is 8.49. The van der Waals surface area contributed by atoms with E-state index in [9.17, 15) is 23.5 Å². The second kappa shape index (κ2) is 11.2. The Balaban J connectivity index is 1.27. The van der Waals surface area contributed by atoms with Gasteiger partial charge in [-0.05, 0) is 62.8 Å². The van der Waals surface area contributed by atoms with E-state index in [1.54, 1.807) is 47.4 Å². The molecule has 1 atom stereocenters. The zero-order valence-electron chi connectivity index (χ0n) is 24.5. The van der Waals surface area contributed by atoms with Crippen LogP contribution in [0.1, 0.15) is 60.3 Å². The van der Waals surface area contributed by atoms with Crippen LogP contribution in [0, 0.1) is 17.6 Å². The highest BCUT2D eigenvalue weighted by atomic mass is 32.1. The van der Waals surface area contributed by atoms with Crippen molar-refractivity contribution in [3.63, 3.8) is 0 Å². The first-order valence-electron chi connectivity index (χ1n) is 15.0. The number of nitrogens with one attached hydrogen (secondary N) is 1. The molecule has 12 heteroatoms. The molecule has 232 valence electrons. The number of benzene rings is 2. The minimum Gasteiger partial charge on any atom is -0.491 e. The van der Waals surface area contributed by atoms with Gasteiger partial charge in [-0.15, -0.1) is 11.3 Å². The lowest BCUT2D eigenvalue weighted by Gasteiger charge is -2.30. The predicted octanol–water partition coefficient (Wildman–Crippen LogP) is 5.38.